The van der Waals surface area contributed by atoms with E-state index in [1.54, 1.807) is 0 Å². The minimum atomic E-state index is -4.55. The van der Waals surface area contributed by atoms with Gasteiger partial charge in [-0.3, -0.25) is 14.3 Å². The fraction of sp³-hybridized carbons (Fsp3) is 0.615. The lowest BCUT2D eigenvalue weighted by atomic mass is 9.73. The van der Waals surface area contributed by atoms with Crippen LogP contribution in [-0.2, 0) is 22.3 Å². The van der Waals surface area contributed by atoms with Gasteiger partial charge >= 0.3 is 6.18 Å². The van der Waals surface area contributed by atoms with Crippen molar-refractivity contribution in [1.29, 1.82) is 0 Å². The van der Waals surface area contributed by atoms with Crippen molar-refractivity contribution >= 4 is 11.8 Å². The van der Waals surface area contributed by atoms with Gasteiger partial charge in [0.2, 0.25) is 11.8 Å². The van der Waals surface area contributed by atoms with Crippen molar-refractivity contribution in [2.75, 3.05) is 6.54 Å². The Morgan fingerprint density at radius 2 is 2.09 bits per heavy atom. The third-order valence-electron chi connectivity index (χ3n) is 4.48. The summed E-state index contributed by atoms with van der Waals surface area (Å²) in [5, 5.41) is 3.43. The molecule has 2 aliphatic heterocycles. The van der Waals surface area contributed by atoms with Crippen LogP contribution in [0.25, 0.3) is 0 Å². The highest BCUT2D eigenvalue weighted by Gasteiger charge is 2.61. The number of carbonyl (C=O) groups excluding carboxylic acids is 2. The first-order valence-electron chi connectivity index (χ1n) is 6.85. The zero-order valence-electron chi connectivity index (χ0n) is 11.9. The lowest BCUT2D eigenvalue weighted by Crippen LogP contribution is -2.58. The van der Waals surface area contributed by atoms with E-state index in [0.717, 1.165) is 4.68 Å². The number of nitrogens with two attached hydrogens (primary N) is 1. The highest BCUT2D eigenvalue weighted by molar-refractivity contribution is 5.92. The van der Waals surface area contributed by atoms with E-state index >= 15 is 0 Å². The van der Waals surface area contributed by atoms with Crippen LogP contribution >= 0.6 is 0 Å². The van der Waals surface area contributed by atoms with Crippen LogP contribution in [0.3, 0.4) is 0 Å². The molecular formula is C13H15F3N4O2. The van der Waals surface area contributed by atoms with Gasteiger partial charge in [0.1, 0.15) is 12.1 Å². The van der Waals surface area contributed by atoms with Gasteiger partial charge in [0, 0.05) is 12.7 Å². The average molecular weight is 316 g/mol. The van der Waals surface area contributed by atoms with E-state index in [4.69, 9.17) is 5.73 Å². The number of alkyl halides is 3. The summed E-state index contributed by atoms with van der Waals surface area (Å²) in [6.07, 6.45) is -2.29. The van der Waals surface area contributed by atoms with Crippen LogP contribution in [0, 0.1) is 12.8 Å². The number of aryl methyl sites for hydroxylation is 1. The fourth-order valence-corrected chi connectivity index (χ4v) is 3.46. The molecule has 1 aromatic heterocycles. The summed E-state index contributed by atoms with van der Waals surface area (Å²) in [5.74, 6) is -0.737. The Morgan fingerprint density at radius 3 is 2.59 bits per heavy atom. The summed E-state index contributed by atoms with van der Waals surface area (Å²) >= 11 is 0. The molecule has 4 rings (SSSR count). The quantitative estimate of drug-likeness (QED) is 0.890. The molecule has 6 nitrogen and oxygen atoms in total. The molecule has 0 spiro atoms. The number of primary amides is 1. The fourth-order valence-electron chi connectivity index (χ4n) is 3.46. The molecule has 1 aromatic rings. The Morgan fingerprint density at radius 1 is 1.45 bits per heavy atom. The van der Waals surface area contributed by atoms with Crippen molar-refractivity contribution in [3.05, 3.63) is 17.5 Å². The van der Waals surface area contributed by atoms with Gasteiger partial charge < -0.3 is 10.6 Å². The van der Waals surface area contributed by atoms with Crippen molar-refractivity contribution in [2.45, 2.75) is 38.0 Å². The molecule has 1 aliphatic carbocycles. The van der Waals surface area contributed by atoms with Gasteiger partial charge in [0.15, 0.2) is 5.69 Å². The largest absolute Gasteiger partial charge is 0.435 e. The smallest absolute Gasteiger partial charge is 0.368 e. The van der Waals surface area contributed by atoms with Crippen molar-refractivity contribution < 1.29 is 22.8 Å². The van der Waals surface area contributed by atoms with Crippen LogP contribution in [0.1, 0.15) is 24.1 Å². The van der Waals surface area contributed by atoms with Gasteiger partial charge in [-0.2, -0.15) is 18.3 Å². The Labute approximate surface area is 124 Å². The zero-order valence-corrected chi connectivity index (χ0v) is 11.9. The number of amides is 2. The highest BCUT2D eigenvalue weighted by atomic mass is 19.4. The first-order chi connectivity index (χ1) is 10.1. The number of halogens is 3. The van der Waals surface area contributed by atoms with E-state index in [1.165, 1.54) is 18.0 Å². The summed E-state index contributed by atoms with van der Waals surface area (Å²) in [7, 11) is 0. The minimum absolute atomic E-state index is 0.0457. The standard InChI is InChI=1S/C13H15F3N4O2/c1-7-4-19(18-10(7)13(14,15)16)6-9(21)20-5-8-2-12(20,3-8)11(17)22/h4,8H,2-3,5-6H2,1H3,(H2,17,22). The molecule has 2 bridgehead atoms. The van der Waals surface area contributed by atoms with E-state index in [-0.39, 0.29) is 18.0 Å². The normalized spacial score (nSPS) is 26.9. The molecule has 0 atom stereocenters. The molecule has 2 saturated heterocycles. The molecule has 3 aliphatic rings. The van der Waals surface area contributed by atoms with Crippen molar-refractivity contribution in [3.63, 3.8) is 0 Å². The molecular weight excluding hydrogens is 301 g/mol. The van der Waals surface area contributed by atoms with E-state index < -0.39 is 29.2 Å². The highest BCUT2D eigenvalue weighted by Crippen LogP contribution is 2.50. The SMILES string of the molecule is Cc1cn(CC(=O)N2CC3CC2(C(N)=O)C3)nc1C(F)(F)F. The Kier molecular flexibility index (Phi) is 3.02. The Bertz CT molecular complexity index is 646. The maximum Gasteiger partial charge on any atom is 0.435 e. The van der Waals surface area contributed by atoms with Crippen molar-refractivity contribution in [2.24, 2.45) is 11.7 Å². The third-order valence-corrected chi connectivity index (χ3v) is 4.48. The maximum absolute atomic E-state index is 12.7. The van der Waals surface area contributed by atoms with Crippen molar-refractivity contribution in [3.8, 4) is 0 Å². The molecule has 2 amide bonds. The van der Waals surface area contributed by atoms with Gasteiger partial charge in [-0.25, -0.2) is 0 Å². The number of nitrogens with zero attached hydrogens (tertiary/aromatic N) is 3. The van der Waals surface area contributed by atoms with Gasteiger partial charge in [0.25, 0.3) is 0 Å². The molecule has 2 N–H and O–H groups in total. The molecule has 1 saturated carbocycles. The zero-order chi connectivity index (χ0) is 16.3. The van der Waals surface area contributed by atoms with Gasteiger partial charge in [-0.15, -0.1) is 0 Å². The maximum atomic E-state index is 12.7. The first kappa shape index (κ1) is 14.9. The van der Waals surface area contributed by atoms with Crippen LogP contribution < -0.4 is 5.73 Å². The van der Waals surface area contributed by atoms with Gasteiger partial charge in [-0.05, 0) is 31.2 Å². The van der Waals surface area contributed by atoms with E-state index in [9.17, 15) is 22.8 Å². The number of aromatic nitrogens is 2. The summed E-state index contributed by atoms with van der Waals surface area (Å²) < 4.78 is 39.1. The predicted octanol–water partition coefficient (Wildman–Crippen LogP) is 0.687. The van der Waals surface area contributed by atoms with E-state index in [2.05, 4.69) is 5.10 Å². The molecule has 22 heavy (non-hydrogen) atoms. The second-order valence-electron chi connectivity index (χ2n) is 6.03. The van der Waals surface area contributed by atoms with Gasteiger partial charge in [-0.1, -0.05) is 0 Å². The predicted molar refractivity (Wildman–Crippen MR) is 68.3 cm³/mol. The van der Waals surface area contributed by atoms with Crippen LogP contribution in [0.4, 0.5) is 13.2 Å². The number of fused-ring (bicyclic) bond motifs is 1. The molecule has 3 heterocycles. The van der Waals surface area contributed by atoms with Crippen LogP contribution in [0.2, 0.25) is 0 Å². The lowest BCUT2D eigenvalue weighted by molar-refractivity contribution is -0.145. The topological polar surface area (TPSA) is 81.2 Å². The second kappa shape index (κ2) is 4.47. The Balaban J connectivity index is 1.77. The molecule has 0 radical (unpaired) electrons. The monoisotopic (exact) mass is 316 g/mol. The summed E-state index contributed by atoms with van der Waals surface area (Å²) in [6, 6.07) is 0. The molecule has 0 aromatic carbocycles. The molecule has 3 fully saturated rings. The van der Waals surface area contributed by atoms with E-state index in [1.807, 2.05) is 0 Å². The summed E-state index contributed by atoms with van der Waals surface area (Å²) in [6.45, 7) is 1.38. The average Bonchev–Trinajstić information content (AvgIpc) is 2.97. The molecule has 0 unspecified atom stereocenters. The minimum Gasteiger partial charge on any atom is -0.368 e. The third kappa shape index (κ3) is 2.06. The molecule has 120 valence electrons. The summed E-state index contributed by atoms with van der Waals surface area (Å²) in [4.78, 5) is 25.3. The number of rotatable bonds is 3. The van der Waals surface area contributed by atoms with Gasteiger partial charge in [0.05, 0.1) is 0 Å². The lowest BCUT2D eigenvalue weighted by Gasteiger charge is -2.38. The van der Waals surface area contributed by atoms with Crippen LogP contribution in [0.5, 0.6) is 0 Å². The van der Waals surface area contributed by atoms with Crippen LogP contribution in [0.15, 0.2) is 6.20 Å². The van der Waals surface area contributed by atoms with Crippen molar-refractivity contribution in [1.82, 2.24) is 14.7 Å². The molecule has 9 heteroatoms. The Hall–Kier alpha value is -2.06. The summed E-state index contributed by atoms with van der Waals surface area (Å²) in [5.41, 5.74) is 3.38. The first-order valence-corrected chi connectivity index (χ1v) is 6.85. The number of hydrogen-bond acceptors (Lipinski definition) is 3. The van der Waals surface area contributed by atoms with Crippen LogP contribution in [-0.4, -0.2) is 38.6 Å². The number of hydrogen-bond donors (Lipinski definition) is 1. The second-order valence-corrected chi connectivity index (χ2v) is 6.03. The number of carbonyl (C=O) groups is 2. The van der Waals surface area contributed by atoms with E-state index in [0.29, 0.717) is 19.4 Å².